The average molecular weight is 365 g/mol. The van der Waals surface area contributed by atoms with Gasteiger partial charge in [-0.1, -0.05) is 36.8 Å². The minimum Gasteiger partial charge on any atom is -0.348 e. The minimum atomic E-state index is -0.364. The van der Waals surface area contributed by atoms with Gasteiger partial charge in [0.25, 0.3) is 5.91 Å². The first-order chi connectivity index (χ1) is 12.9. The number of hydrogen-bond acceptors (Lipinski definition) is 2. The fraction of sp³-hybridized carbons (Fsp3) is 0.273. The summed E-state index contributed by atoms with van der Waals surface area (Å²) in [6, 6.07) is 14.1. The molecule has 1 atom stereocenters. The maximum atomic E-state index is 14.3. The number of nitrogens with zero attached hydrogens (tertiary/aromatic N) is 2. The zero-order chi connectivity index (χ0) is 19.6. The Morgan fingerprint density at radius 3 is 2.59 bits per heavy atom. The van der Waals surface area contributed by atoms with Crippen LogP contribution >= 0.6 is 0 Å². The lowest BCUT2D eigenvalue weighted by Crippen LogP contribution is -2.33. The molecule has 27 heavy (non-hydrogen) atoms. The summed E-state index contributed by atoms with van der Waals surface area (Å²) < 4.78 is 15.9. The standard InChI is InChI=1S/C22H24FN3O/c1-5-16(4)24-22(27)21-13-19(17-8-6-7-9-18(17)23)25-26(21)20-11-10-14(2)12-15(20)3/h6-13,16H,5H2,1-4H3,(H,24,27)/t16-/m1/s1. The molecular formula is C22H24FN3O. The lowest BCUT2D eigenvalue weighted by molar-refractivity contribution is 0.0931. The molecule has 4 nitrogen and oxygen atoms in total. The number of carbonyl (C=O) groups excluding carboxylic acids is 1. The Kier molecular flexibility index (Phi) is 5.40. The van der Waals surface area contributed by atoms with Crippen molar-refractivity contribution in [2.75, 3.05) is 0 Å². The average Bonchev–Trinajstić information content (AvgIpc) is 3.07. The summed E-state index contributed by atoms with van der Waals surface area (Å²) >= 11 is 0. The number of amides is 1. The molecule has 0 spiro atoms. The van der Waals surface area contributed by atoms with Gasteiger partial charge < -0.3 is 5.32 Å². The van der Waals surface area contributed by atoms with E-state index in [1.807, 2.05) is 45.9 Å². The number of benzene rings is 2. The van der Waals surface area contributed by atoms with Crippen LogP contribution in [0.1, 0.15) is 41.9 Å². The summed E-state index contributed by atoms with van der Waals surface area (Å²) in [6.07, 6.45) is 0.823. The van der Waals surface area contributed by atoms with Crippen LogP contribution in [0.15, 0.2) is 48.5 Å². The van der Waals surface area contributed by atoms with Crippen molar-refractivity contribution < 1.29 is 9.18 Å². The van der Waals surface area contributed by atoms with Gasteiger partial charge in [-0.25, -0.2) is 9.07 Å². The highest BCUT2D eigenvalue weighted by atomic mass is 19.1. The first-order valence-electron chi connectivity index (χ1n) is 9.14. The zero-order valence-corrected chi connectivity index (χ0v) is 16.1. The molecule has 2 aromatic carbocycles. The predicted molar refractivity (Wildman–Crippen MR) is 106 cm³/mol. The fourth-order valence-corrected chi connectivity index (χ4v) is 2.97. The molecule has 0 fully saturated rings. The molecule has 3 rings (SSSR count). The number of aromatic nitrogens is 2. The van der Waals surface area contributed by atoms with Crippen molar-refractivity contribution in [3.63, 3.8) is 0 Å². The maximum absolute atomic E-state index is 14.3. The second kappa shape index (κ2) is 7.74. The maximum Gasteiger partial charge on any atom is 0.270 e. The first-order valence-corrected chi connectivity index (χ1v) is 9.14. The number of rotatable bonds is 5. The van der Waals surface area contributed by atoms with Crippen LogP contribution in [0.5, 0.6) is 0 Å². The van der Waals surface area contributed by atoms with Crippen LogP contribution in [0, 0.1) is 19.7 Å². The van der Waals surface area contributed by atoms with E-state index in [9.17, 15) is 9.18 Å². The number of hydrogen-bond donors (Lipinski definition) is 1. The van der Waals surface area contributed by atoms with Crippen LogP contribution in [0.4, 0.5) is 4.39 Å². The summed E-state index contributed by atoms with van der Waals surface area (Å²) in [6.45, 7) is 7.95. The lowest BCUT2D eigenvalue weighted by Gasteiger charge is -2.14. The number of aryl methyl sites for hydroxylation is 2. The summed E-state index contributed by atoms with van der Waals surface area (Å²) in [5.74, 6) is -0.587. The minimum absolute atomic E-state index is 0.0388. The van der Waals surface area contributed by atoms with E-state index < -0.39 is 0 Å². The van der Waals surface area contributed by atoms with Gasteiger partial charge in [-0.05, 0) is 57.0 Å². The van der Waals surface area contributed by atoms with E-state index in [1.165, 1.54) is 6.07 Å². The molecular weight excluding hydrogens is 341 g/mol. The summed E-state index contributed by atoms with van der Waals surface area (Å²) in [7, 11) is 0. The van der Waals surface area contributed by atoms with E-state index in [1.54, 1.807) is 28.9 Å². The van der Waals surface area contributed by atoms with Crippen molar-refractivity contribution in [1.82, 2.24) is 15.1 Å². The zero-order valence-electron chi connectivity index (χ0n) is 16.1. The van der Waals surface area contributed by atoms with Gasteiger partial charge in [0, 0.05) is 11.6 Å². The van der Waals surface area contributed by atoms with Crippen molar-refractivity contribution in [2.45, 2.75) is 40.2 Å². The fourth-order valence-electron chi connectivity index (χ4n) is 2.97. The SMILES string of the molecule is CC[C@@H](C)NC(=O)c1cc(-c2ccccc2F)nn1-c1ccc(C)cc1C. The Morgan fingerprint density at radius 1 is 1.19 bits per heavy atom. The van der Waals surface area contributed by atoms with Crippen molar-refractivity contribution >= 4 is 5.91 Å². The molecule has 0 bridgehead atoms. The first kappa shape index (κ1) is 18.8. The molecule has 1 amide bonds. The lowest BCUT2D eigenvalue weighted by atomic mass is 10.1. The van der Waals surface area contributed by atoms with E-state index in [0.29, 0.717) is 17.0 Å². The van der Waals surface area contributed by atoms with Crippen LogP contribution in [0.3, 0.4) is 0 Å². The van der Waals surface area contributed by atoms with Gasteiger partial charge in [0.1, 0.15) is 11.5 Å². The molecule has 3 aromatic rings. The van der Waals surface area contributed by atoms with Gasteiger partial charge >= 0.3 is 0 Å². The molecule has 0 aliphatic heterocycles. The number of halogens is 1. The predicted octanol–water partition coefficient (Wildman–Crippen LogP) is 4.82. The third-order valence-electron chi connectivity index (χ3n) is 4.66. The quantitative estimate of drug-likeness (QED) is 0.704. The van der Waals surface area contributed by atoms with E-state index in [4.69, 9.17) is 0 Å². The van der Waals surface area contributed by atoms with Gasteiger partial charge in [-0.3, -0.25) is 4.79 Å². The highest BCUT2D eigenvalue weighted by Crippen LogP contribution is 2.25. The highest BCUT2D eigenvalue weighted by Gasteiger charge is 2.20. The Hall–Kier alpha value is -2.95. The van der Waals surface area contributed by atoms with Crippen molar-refractivity contribution in [3.8, 4) is 16.9 Å². The Labute approximate surface area is 159 Å². The summed E-state index contributed by atoms with van der Waals surface area (Å²) in [5, 5.41) is 7.54. The Bertz CT molecular complexity index is 977. The van der Waals surface area contributed by atoms with Crippen LogP contribution in [-0.4, -0.2) is 21.7 Å². The van der Waals surface area contributed by atoms with E-state index >= 15 is 0 Å². The number of nitrogens with one attached hydrogen (secondary N) is 1. The monoisotopic (exact) mass is 365 g/mol. The van der Waals surface area contributed by atoms with Crippen molar-refractivity contribution in [2.24, 2.45) is 0 Å². The molecule has 1 aromatic heterocycles. The Morgan fingerprint density at radius 2 is 1.93 bits per heavy atom. The molecule has 0 unspecified atom stereocenters. The smallest absolute Gasteiger partial charge is 0.270 e. The van der Waals surface area contributed by atoms with E-state index in [-0.39, 0.29) is 17.8 Å². The van der Waals surface area contributed by atoms with Crippen LogP contribution < -0.4 is 5.32 Å². The largest absolute Gasteiger partial charge is 0.348 e. The molecule has 1 N–H and O–H groups in total. The van der Waals surface area contributed by atoms with Crippen LogP contribution in [0.2, 0.25) is 0 Å². The highest BCUT2D eigenvalue weighted by molar-refractivity contribution is 5.94. The van der Waals surface area contributed by atoms with Gasteiger partial charge in [-0.2, -0.15) is 5.10 Å². The molecule has 5 heteroatoms. The normalized spacial score (nSPS) is 12.0. The Balaban J connectivity index is 2.15. The van der Waals surface area contributed by atoms with Crippen molar-refractivity contribution in [3.05, 3.63) is 71.2 Å². The summed E-state index contributed by atoms with van der Waals surface area (Å²) in [5.41, 5.74) is 4.12. The van der Waals surface area contributed by atoms with Crippen molar-refractivity contribution in [1.29, 1.82) is 0 Å². The molecule has 1 heterocycles. The van der Waals surface area contributed by atoms with Crippen LogP contribution in [0.25, 0.3) is 16.9 Å². The number of carbonyl (C=O) groups is 1. The van der Waals surface area contributed by atoms with Gasteiger partial charge in [0.2, 0.25) is 0 Å². The van der Waals surface area contributed by atoms with Crippen LogP contribution in [-0.2, 0) is 0 Å². The molecule has 140 valence electrons. The molecule has 0 aliphatic rings. The van der Waals surface area contributed by atoms with Gasteiger partial charge in [0.15, 0.2) is 0 Å². The van der Waals surface area contributed by atoms with E-state index in [2.05, 4.69) is 10.4 Å². The molecule has 0 aliphatic carbocycles. The molecule has 0 radical (unpaired) electrons. The molecule has 0 saturated carbocycles. The second-order valence-corrected chi connectivity index (χ2v) is 6.88. The summed E-state index contributed by atoms with van der Waals surface area (Å²) in [4.78, 5) is 12.9. The third-order valence-corrected chi connectivity index (χ3v) is 4.66. The van der Waals surface area contributed by atoms with Gasteiger partial charge in [-0.15, -0.1) is 0 Å². The third kappa shape index (κ3) is 3.92. The molecule has 0 saturated heterocycles. The van der Waals surface area contributed by atoms with Gasteiger partial charge in [0.05, 0.1) is 11.4 Å². The topological polar surface area (TPSA) is 46.9 Å². The second-order valence-electron chi connectivity index (χ2n) is 6.88. The van der Waals surface area contributed by atoms with E-state index in [0.717, 1.165) is 23.2 Å².